The third-order valence-electron chi connectivity index (χ3n) is 6.12. The van der Waals surface area contributed by atoms with Crippen LogP contribution in [0.25, 0.3) is 11.1 Å². The van der Waals surface area contributed by atoms with Gasteiger partial charge in [0.15, 0.2) is 5.75 Å². The van der Waals surface area contributed by atoms with E-state index in [-0.39, 0.29) is 12.2 Å². The van der Waals surface area contributed by atoms with Gasteiger partial charge >= 0.3 is 5.97 Å². The van der Waals surface area contributed by atoms with Crippen LogP contribution in [-0.2, 0) is 17.8 Å². The van der Waals surface area contributed by atoms with Crippen molar-refractivity contribution in [2.75, 3.05) is 37.6 Å². The van der Waals surface area contributed by atoms with Gasteiger partial charge in [-0.15, -0.1) is 0 Å². The Hall–Kier alpha value is -4.25. The van der Waals surface area contributed by atoms with Gasteiger partial charge in [-0.3, -0.25) is 14.4 Å². The fraction of sp³-hybridized carbons (Fsp3) is 0.346. The molecule has 0 spiro atoms. The molecule has 0 radical (unpaired) electrons. The Morgan fingerprint density at radius 1 is 1.11 bits per heavy atom. The molecule has 11 nitrogen and oxygen atoms in total. The van der Waals surface area contributed by atoms with Gasteiger partial charge in [-0.1, -0.05) is 37.6 Å². The summed E-state index contributed by atoms with van der Waals surface area (Å²) >= 11 is 0. The minimum Gasteiger partial charge on any atom is -0.505 e. The van der Waals surface area contributed by atoms with E-state index in [1.807, 2.05) is 37.3 Å². The number of rotatable bonds is 9. The number of carboxylic acid groups (broad SMARTS) is 1. The second-order valence-corrected chi connectivity index (χ2v) is 8.80. The van der Waals surface area contributed by atoms with E-state index in [1.54, 1.807) is 6.20 Å². The van der Waals surface area contributed by atoms with Crippen molar-refractivity contribution < 1.29 is 19.8 Å². The summed E-state index contributed by atoms with van der Waals surface area (Å²) in [6.45, 7) is 4.95. The molecule has 0 saturated carbocycles. The van der Waals surface area contributed by atoms with E-state index < -0.39 is 35.3 Å². The number of hydrogen-bond acceptors (Lipinski definition) is 8. The van der Waals surface area contributed by atoms with Crippen molar-refractivity contribution in [3.63, 3.8) is 0 Å². The summed E-state index contributed by atoms with van der Waals surface area (Å²) in [6, 6.07) is 11.7. The summed E-state index contributed by atoms with van der Waals surface area (Å²) in [4.78, 5) is 43.1. The Labute approximate surface area is 213 Å². The fourth-order valence-corrected chi connectivity index (χ4v) is 4.21. The maximum atomic E-state index is 13.0. The molecule has 11 heteroatoms. The second kappa shape index (κ2) is 11.7. The van der Waals surface area contributed by atoms with Gasteiger partial charge in [-0.2, -0.15) is 5.10 Å². The first kappa shape index (κ1) is 25.8. The zero-order chi connectivity index (χ0) is 26.4. The summed E-state index contributed by atoms with van der Waals surface area (Å²) in [7, 11) is 0. The Kier molecular flexibility index (Phi) is 8.14. The number of aliphatic carboxylic acids is 1. The SMILES string of the molecule is CCCc1nn(Cc2ccc(-c3ccnc(N4CCNCC4)c3)cc2)c(=O)c(C(=O)NCC(=O)O)c1O. The molecule has 1 fully saturated rings. The van der Waals surface area contributed by atoms with Crippen LogP contribution in [0.3, 0.4) is 0 Å². The first-order valence-electron chi connectivity index (χ1n) is 12.2. The van der Waals surface area contributed by atoms with Crippen LogP contribution in [0.1, 0.15) is 35.0 Å². The number of aromatic nitrogens is 3. The normalized spacial score (nSPS) is 13.4. The van der Waals surface area contributed by atoms with Crippen molar-refractivity contribution in [1.82, 2.24) is 25.4 Å². The van der Waals surface area contributed by atoms with Crippen molar-refractivity contribution in [2.24, 2.45) is 0 Å². The molecule has 2 aromatic heterocycles. The van der Waals surface area contributed by atoms with Crippen molar-refractivity contribution in [3.8, 4) is 16.9 Å². The number of pyridine rings is 1. The number of carbonyl (C=O) groups excluding carboxylic acids is 1. The van der Waals surface area contributed by atoms with Crippen LogP contribution in [-0.4, -0.2) is 69.6 Å². The molecular weight excluding hydrogens is 476 g/mol. The van der Waals surface area contributed by atoms with Crippen molar-refractivity contribution in [1.29, 1.82) is 0 Å². The standard InChI is InChI=1S/C26H30N6O5/c1-2-3-20-24(35)23(25(36)29-15-22(33)34)26(37)32(30-20)16-17-4-6-18(7-5-17)19-8-9-28-21(14-19)31-12-10-27-11-13-31/h4-9,14,27,35H,2-3,10-13,15-16H2,1H3,(H,29,36)(H,33,34). The molecule has 0 aliphatic carbocycles. The van der Waals surface area contributed by atoms with E-state index in [4.69, 9.17) is 5.11 Å². The Balaban J connectivity index is 1.58. The maximum absolute atomic E-state index is 13.0. The summed E-state index contributed by atoms with van der Waals surface area (Å²) in [6.07, 6.45) is 2.78. The van der Waals surface area contributed by atoms with Gasteiger partial charge in [-0.05, 0) is 35.2 Å². The summed E-state index contributed by atoms with van der Waals surface area (Å²) in [5, 5.41) is 29.1. The molecule has 0 unspecified atom stereocenters. The van der Waals surface area contributed by atoms with Gasteiger partial charge in [0, 0.05) is 32.4 Å². The number of carbonyl (C=O) groups is 2. The van der Waals surface area contributed by atoms with Crippen LogP contribution >= 0.6 is 0 Å². The Morgan fingerprint density at radius 3 is 2.51 bits per heavy atom. The molecule has 37 heavy (non-hydrogen) atoms. The molecule has 1 saturated heterocycles. The van der Waals surface area contributed by atoms with Gasteiger partial charge in [0.1, 0.15) is 23.6 Å². The van der Waals surface area contributed by atoms with Gasteiger partial charge in [0.05, 0.1) is 6.54 Å². The van der Waals surface area contributed by atoms with Gasteiger partial charge < -0.3 is 25.7 Å². The lowest BCUT2D eigenvalue weighted by atomic mass is 10.0. The largest absolute Gasteiger partial charge is 0.505 e. The summed E-state index contributed by atoms with van der Waals surface area (Å²) < 4.78 is 1.13. The molecular formula is C26H30N6O5. The molecule has 0 bridgehead atoms. The number of aryl methyl sites for hydroxylation is 1. The lowest BCUT2D eigenvalue weighted by Gasteiger charge is -2.28. The number of benzene rings is 1. The van der Waals surface area contributed by atoms with Crippen LogP contribution in [0.15, 0.2) is 47.4 Å². The first-order valence-corrected chi connectivity index (χ1v) is 12.2. The van der Waals surface area contributed by atoms with Crippen LogP contribution < -0.4 is 21.1 Å². The van der Waals surface area contributed by atoms with Gasteiger partial charge in [0.2, 0.25) is 0 Å². The van der Waals surface area contributed by atoms with Gasteiger partial charge in [-0.25, -0.2) is 9.67 Å². The smallest absolute Gasteiger partial charge is 0.322 e. The molecule has 3 heterocycles. The van der Waals surface area contributed by atoms with Crippen LogP contribution in [0.2, 0.25) is 0 Å². The number of carboxylic acids is 1. The number of anilines is 1. The number of aromatic hydroxyl groups is 1. The molecule has 194 valence electrons. The highest BCUT2D eigenvalue weighted by Crippen LogP contribution is 2.24. The second-order valence-electron chi connectivity index (χ2n) is 8.80. The van der Waals surface area contributed by atoms with Crippen molar-refractivity contribution in [2.45, 2.75) is 26.3 Å². The number of hydrogen-bond donors (Lipinski definition) is 4. The van der Waals surface area contributed by atoms with E-state index in [0.717, 1.165) is 53.4 Å². The monoisotopic (exact) mass is 506 g/mol. The molecule has 4 N–H and O–H groups in total. The highest BCUT2D eigenvalue weighted by atomic mass is 16.4. The first-order chi connectivity index (χ1) is 17.9. The molecule has 1 aliphatic rings. The van der Waals surface area contributed by atoms with E-state index in [9.17, 15) is 19.5 Å². The van der Waals surface area contributed by atoms with Crippen LogP contribution in [0, 0.1) is 0 Å². The number of nitrogens with one attached hydrogen (secondary N) is 2. The topological polar surface area (TPSA) is 150 Å². The van der Waals surface area contributed by atoms with Crippen molar-refractivity contribution >= 4 is 17.7 Å². The highest BCUT2D eigenvalue weighted by Gasteiger charge is 2.23. The number of piperazine rings is 1. The third-order valence-corrected chi connectivity index (χ3v) is 6.12. The average molecular weight is 507 g/mol. The minimum absolute atomic E-state index is 0.0810. The van der Waals surface area contributed by atoms with Crippen LogP contribution in [0.4, 0.5) is 5.82 Å². The predicted molar refractivity (Wildman–Crippen MR) is 138 cm³/mol. The predicted octanol–water partition coefficient (Wildman–Crippen LogP) is 1.24. The minimum atomic E-state index is -1.26. The summed E-state index contributed by atoms with van der Waals surface area (Å²) in [5.74, 6) is -1.79. The number of amides is 1. The lowest BCUT2D eigenvalue weighted by Crippen LogP contribution is -2.43. The lowest BCUT2D eigenvalue weighted by molar-refractivity contribution is -0.135. The molecule has 1 aliphatic heterocycles. The fourth-order valence-electron chi connectivity index (χ4n) is 4.21. The quantitative estimate of drug-likeness (QED) is 0.336. The molecule has 4 rings (SSSR count). The van der Waals surface area contributed by atoms with Gasteiger partial charge in [0.25, 0.3) is 11.5 Å². The van der Waals surface area contributed by atoms with Crippen molar-refractivity contribution in [3.05, 3.63) is 69.8 Å². The zero-order valence-corrected chi connectivity index (χ0v) is 20.6. The molecule has 1 aromatic carbocycles. The van der Waals surface area contributed by atoms with E-state index in [0.29, 0.717) is 12.8 Å². The summed E-state index contributed by atoms with van der Waals surface area (Å²) in [5.41, 5.74) is 1.70. The van der Waals surface area contributed by atoms with E-state index >= 15 is 0 Å². The molecule has 3 aromatic rings. The van der Waals surface area contributed by atoms with Crippen LogP contribution in [0.5, 0.6) is 5.75 Å². The average Bonchev–Trinajstić information content (AvgIpc) is 2.91. The maximum Gasteiger partial charge on any atom is 0.322 e. The van der Waals surface area contributed by atoms with E-state index in [2.05, 4.69) is 31.7 Å². The van der Waals surface area contributed by atoms with E-state index in [1.165, 1.54) is 0 Å². The number of nitrogens with zero attached hydrogens (tertiary/aromatic N) is 4. The Bertz CT molecular complexity index is 1330. The zero-order valence-electron chi connectivity index (χ0n) is 20.6. The third kappa shape index (κ3) is 6.12. The molecule has 0 atom stereocenters. The highest BCUT2D eigenvalue weighted by molar-refractivity contribution is 5.98. The molecule has 1 amide bonds. The Morgan fingerprint density at radius 2 is 1.84 bits per heavy atom.